The molecule has 12 heavy (non-hydrogen) atoms. The zero-order chi connectivity index (χ0) is 8.55. The van der Waals surface area contributed by atoms with Gasteiger partial charge in [-0.25, -0.2) is 0 Å². The third kappa shape index (κ3) is 0.797. The molecule has 2 aromatic rings. The Labute approximate surface area is 68.6 Å². The van der Waals surface area contributed by atoms with Crippen molar-refractivity contribution < 1.29 is 9.90 Å². The van der Waals surface area contributed by atoms with Crippen LogP contribution in [-0.2, 0) is 0 Å². The van der Waals surface area contributed by atoms with E-state index in [0.29, 0.717) is 10.9 Å². The van der Waals surface area contributed by atoms with Gasteiger partial charge in [0.2, 0.25) is 0 Å². The predicted molar refractivity (Wildman–Crippen MR) is 45.4 cm³/mol. The Morgan fingerprint density at radius 1 is 1.42 bits per heavy atom. The molecule has 0 unspecified atom stereocenters. The highest BCUT2D eigenvalue weighted by Gasteiger charge is 2.05. The molecule has 0 aliphatic rings. The van der Waals surface area contributed by atoms with E-state index in [1.54, 1.807) is 18.3 Å². The number of aromatic hydroxyl groups is 1. The van der Waals surface area contributed by atoms with Gasteiger partial charge in [-0.15, -0.1) is 0 Å². The van der Waals surface area contributed by atoms with Crippen molar-refractivity contribution in [1.29, 1.82) is 0 Å². The second-order valence-corrected chi connectivity index (χ2v) is 2.56. The van der Waals surface area contributed by atoms with Gasteiger partial charge in [0.15, 0.2) is 6.29 Å². The number of hydrogen-bond donors (Lipinski definition) is 2. The van der Waals surface area contributed by atoms with Crippen LogP contribution in [0, 0.1) is 0 Å². The third-order valence-corrected chi connectivity index (χ3v) is 1.84. The fourth-order valence-electron chi connectivity index (χ4n) is 1.28. The zero-order valence-electron chi connectivity index (χ0n) is 6.24. The van der Waals surface area contributed by atoms with Crippen LogP contribution in [0.25, 0.3) is 10.9 Å². The van der Waals surface area contributed by atoms with Crippen LogP contribution >= 0.6 is 0 Å². The lowest BCUT2D eigenvalue weighted by Crippen LogP contribution is -1.74. The summed E-state index contributed by atoms with van der Waals surface area (Å²) in [5.41, 5.74) is 1.26. The summed E-state index contributed by atoms with van der Waals surface area (Å²) in [6, 6.07) is 5.09. The van der Waals surface area contributed by atoms with E-state index in [1.807, 2.05) is 6.07 Å². The summed E-state index contributed by atoms with van der Waals surface area (Å²) < 4.78 is 0. The molecular weight excluding hydrogens is 154 g/mol. The number of benzene rings is 1. The van der Waals surface area contributed by atoms with Gasteiger partial charge in [-0.05, 0) is 12.1 Å². The van der Waals surface area contributed by atoms with Crippen molar-refractivity contribution in [2.24, 2.45) is 0 Å². The Morgan fingerprint density at radius 2 is 2.25 bits per heavy atom. The summed E-state index contributed by atoms with van der Waals surface area (Å²) in [4.78, 5) is 13.4. The molecule has 0 radical (unpaired) electrons. The fourth-order valence-corrected chi connectivity index (χ4v) is 1.28. The van der Waals surface area contributed by atoms with Gasteiger partial charge in [-0.3, -0.25) is 4.79 Å². The molecule has 1 aromatic carbocycles. The molecule has 0 aliphatic carbocycles. The number of phenols is 1. The van der Waals surface area contributed by atoms with Crippen molar-refractivity contribution in [3.63, 3.8) is 0 Å². The number of carbonyl (C=O) groups excluding carboxylic acids is 1. The average Bonchev–Trinajstić information content (AvgIpc) is 2.49. The molecule has 3 nitrogen and oxygen atoms in total. The third-order valence-electron chi connectivity index (χ3n) is 1.84. The molecule has 0 fully saturated rings. The number of aromatic amines is 1. The number of aldehydes is 1. The van der Waals surface area contributed by atoms with Gasteiger partial charge in [0.05, 0.1) is 5.39 Å². The Kier molecular flexibility index (Phi) is 1.37. The molecule has 0 saturated heterocycles. The number of carbonyl (C=O) groups is 1. The normalized spacial score (nSPS) is 10.3. The van der Waals surface area contributed by atoms with E-state index in [2.05, 4.69) is 4.98 Å². The predicted octanol–water partition coefficient (Wildman–Crippen LogP) is 1.69. The fraction of sp³-hybridized carbons (Fsp3) is 0. The molecule has 2 rings (SSSR count). The summed E-state index contributed by atoms with van der Waals surface area (Å²) in [6.07, 6.45) is 2.30. The first-order chi connectivity index (χ1) is 5.83. The van der Waals surface area contributed by atoms with Gasteiger partial charge in [0.25, 0.3) is 0 Å². The van der Waals surface area contributed by atoms with Crippen molar-refractivity contribution in [1.82, 2.24) is 4.98 Å². The highest BCUT2D eigenvalue weighted by molar-refractivity contribution is 6.00. The molecule has 1 heterocycles. The van der Waals surface area contributed by atoms with Crippen LogP contribution in [-0.4, -0.2) is 16.4 Å². The molecule has 0 amide bonds. The maximum Gasteiger partial charge on any atom is 0.152 e. The molecule has 0 saturated carbocycles. The minimum absolute atomic E-state index is 0.135. The molecule has 1 aromatic heterocycles. The molecule has 0 aliphatic heterocycles. The standard InChI is InChI=1S/C9H7NO2/c11-5-6-4-10-7-2-1-3-8(12)9(6)7/h1-5,10,12H. The zero-order valence-corrected chi connectivity index (χ0v) is 6.24. The van der Waals surface area contributed by atoms with Gasteiger partial charge < -0.3 is 10.1 Å². The van der Waals surface area contributed by atoms with Crippen LogP contribution < -0.4 is 0 Å². The van der Waals surface area contributed by atoms with Crippen LogP contribution in [0.15, 0.2) is 24.4 Å². The van der Waals surface area contributed by atoms with Crippen LogP contribution in [0.3, 0.4) is 0 Å². The maximum absolute atomic E-state index is 10.5. The second-order valence-electron chi connectivity index (χ2n) is 2.56. The molecule has 0 spiro atoms. The lowest BCUT2D eigenvalue weighted by atomic mass is 10.2. The van der Waals surface area contributed by atoms with Crippen LogP contribution in [0.5, 0.6) is 5.75 Å². The van der Waals surface area contributed by atoms with E-state index in [0.717, 1.165) is 11.8 Å². The number of aromatic nitrogens is 1. The van der Waals surface area contributed by atoms with Crippen LogP contribution in [0.1, 0.15) is 10.4 Å². The van der Waals surface area contributed by atoms with Gasteiger partial charge in [0.1, 0.15) is 5.75 Å². The lowest BCUT2D eigenvalue weighted by molar-refractivity contribution is 0.112. The van der Waals surface area contributed by atoms with Crippen molar-refractivity contribution in [2.45, 2.75) is 0 Å². The van der Waals surface area contributed by atoms with Crippen molar-refractivity contribution in [3.8, 4) is 5.75 Å². The largest absolute Gasteiger partial charge is 0.507 e. The summed E-state index contributed by atoms with van der Waals surface area (Å²) in [5, 5.41) is 9.98. The van der Waals surface area contributed by atoms with E-state index in [9.17, 15) is 9.90 Å². The van der Waals surface area contributed by atoms with Gasteiger partial charge in [-0.2, -0.15) is 0 Å². The molecule has 0 atom stereocenters. The van der Waals surface area contributed by atoms with Crippen molar-refractivity contribution >= 4 is 17.2 Å². The van der Waals surface area contributed by atoms with Gasteiger partial charge in [0, 0.05) is 17.3 Å². The number of rotatable bonds is 1. The highest BCUT2D eigenvalue weighted by atomic mass is 16.3. The molecule has 2 N–H and O–H groups in total. The lowest BCUT2D eigenvalue weighted by Gasteiger charge is -1.93. The highest BCUT2D eigenvalue weighted by Crippen LogP contribution is 2.25. The Balaban J connectivity index is 2.91. The minimum Gasteiger partial charge on any atom is -0.507 e. The molecular formula is C9H7NO2. The van der Waals surface area contributed by atoms with Gasteiger partial charge in [-0.1, -0.05) is 6.07 Å². The number of nitrogens with one attached hydrogen (secondary N) is 1. The maximum atomic E-state index is 10.5. The number of hydrogen-bond acceptors (Lipinski definition) is 2. The monoisotopic (exact) mass is 161 g/mol. The van der Waals surface area contributed by atoms with Crippen LogP contribution in [0.4, 0.5) is 0 Å². The van der Waals surface area contributed by atoms with E-state index in [4.69, 9.17) is 0 Å². The number of fused-ring (bicyclic) bond motifs is 1. The van der Waals surface area contributed by atoms with Crippen molar-refractivity contribution in [3.05, 3.63) is 30.0 Å². The first kappa shape index (κ1) is 6.91. The second kappa shape index (κ2) is 2.37. The van der Waals surface area contributed by atoms with E-state index >= 15 is 0 Å². The van der Waals surface area contributed by atoms with Crippen LogP contribution in [0.2, 0.25) is 0 Å². The Bertz CT molecular complexity index is 431. The summed E-state index contributed by atoms with van der Waals surface area (Å²) in [5.74, 6) is 0.135. The molecule has 3 heteroatoms. The summed E-state index contributed by atoms with van der Waals surface area (Å²) >= 11 is 0. The van der Waals surface area contributed by atoms with E-state index in [-0.39, 0.29) is 5.75 Å². The summed E-state index contributed by atoms with van der Waals surface area (Å²) in [7, 11) is 0. The number of phenolic OH excluding ortho intramolecular Hbond substituents is 1. The first-order valence-corrected chi connectivity index (χ1v) is 3.57. The Hall–Kier alpha value is -1.77. The minimum atomic E-state index is 0.135. The quantitative estimate of drug-likeness (QED) is 0.625. The molecule has 60 valence electrons. The topological polar surface area (TPSA) is 53.1 Å². The first-order valence-electron chi connectivity index (χ1n) is 3.57. The average molecular weight is 161 g/mol. The van der Waals surface area contributed by atoms with Crippen molar-refractivity contribution in [2.75, 3.05) is 0 Å². The van der Waals surface area contributed by atoms with E-state index in [1.165, 1.54) is 0 Å². The Morgan fingerprint density at radius 3 is 3.00 bits per heavy atom. The van der Waals surface area contributed by atoms with E-state index < -0.39 is 0 Å². The summed E-state index contributed by atoms with van der Waals surface area (Å²) in [6.45, 7) is 0. The smallest absolute Gasteiger partial charge is 0.152 e. The molecule has 0 bridgehead atoms. The van der Waals surface area contributed by atoms with Gasteiger partial charge >= 0.3 is 0 Å². The number of H-pyrrole nitrogens is 1. The SMILES string of the molecule is O=Cc1c[nH]c2cccc(O)c12.